The fourth-order valence-electron chi connectivity index (χ4n) is 3.08. The number of carbonyl (C=O) groups is 1. The summed E-state index contributed by atoms with van der Waals surface area (Å²) in [5, 5.41) is 33.4. The second-order valence-electron chi connectivity index (χ2n) is 7.11. The van der Waals surface area contributed by atoms with Crippen LogP contribution in [0, 0.1) is 11.3 Å². The second kappa shape index (κ2) is 10.4. The molecule has 3 rings (SSSR count). The van der Waals surface area contributed by atoms with E-state index in [1.54, 1.807) is 16.9 Å². The van der Waals surface area contributed by atoms with Gasteiger partial charge in [-0.15, -0.1) is 10.2 Å². The molecule has 0 amide bonds. The molecule has 33 heavy (non-hydrogen) atoms. The molecule has 14 nitrogen and oxygen atoms in total. The Balaban J connectivity index is 2.02. The van der Waals surface area contributed by atoms with Gasteiger partial charge in [0.1, 0.15) is 12.2 Å². The molecule has 0 aliphatic heterocycles. The van der Waals surface area contributed by atoms with Gasteiger partial charge in [0.15, 0.2) is 16.9 Å². The minimum atomic E-state index is -0.564. The number of hydrogen-bond donors (Lipinski definition) is 1. The number of nitrogens with zero attached hydrogens (tertiary/aromatic N) is 10. The van der Waals surface area contributed by atoms with Crippen molar-refractivity contribution in [1.29, 1.82) is 5.26 Å². The Morgan fingerprint density at radius 1 is 1.27 bits per heavy atom. The number of azo groups is 1. The summed E-state index contributed by atoms with van der Waals surface area (Å²) in [5.74, 6) is -0.424. The molecule has 172 valence electrons. The second-order valence-corrected chi connectivity index (χ2v) is 7.11. The molecule has 0 fully saturated rings. The number of aliphatic hydroxyl groups is 1. The zero-order valence-electron chi connectivity index (χ0n) is 18.1. The summed E-state index contributed by atoms with van der Waals surface area (Å²) in [4.78, 5) is 41.2. The summed E-state index contributed by atoms with van der Waals surface area (Å²) in [6.45, 7) is 0.410. The van der Waals surface area contributed by atoms with Crippen molar-refractivity contribution in [3.8, 4) is 6.07 Å². The molecule has 0 aliphatic rings. The number of unbranched alkanes of at least 4 members (excludes halogenated alkanes) is 1. The molecule has 3 aromatic heterocycles. The van der Waals surface area contributed by atoms with Crippen LogP contribution < -0.4 is 11.2 Å². The van der Waals surface area contributed by atoms with Gasteiger partial charge in [0.2, 0.25) is 0 Å². The van der Waals surface area contributed by atoms with E-state index in [9.17, 15) is 14.4 Å². The number of ketones is 1. The van der Waals surface area contributed by atoms with E-state index in [1.807, 2.05) is 0 Å². The molecular weight excluding hydrogens is 432 g/mol. The van der Waals surface area contributed by atoms with Crippen LogP contribution in [-0.2, 0) is 32.0 Å². The predicted octanol–water partition coefficient (Wildman–Crippen LogP) is -0.421. The highest BCUT2D eigenvalue weighted by Crippen LogP contribution is 2.20. The summed E-state index contributed by atoms with van der Waals surface area (Å²) in [5.41, 5.74) is -0.362. The maximum atomic E-state index is 12.9. The molecule has 0 aliphatic carbocycles. The number of nitriles is 1. The van der Waals surface area contributed by atoms with Crippen LogP contribution in [0.2, 0.25) is 0 Å². The van der Waals surface area contributed by atoms with E-state index < -0.39 is 17.0 Å². The first-order valence-corrected chi connectivity index (χ1v) is 10.00. The standard InChI is InChI=1S/C19H22N10O4/c1-26-16-15(17(32)27(2)19(26)33)29(12-13-11-28(25-23-13)8-3-4-9-30)18(22-16)24-21-10-14(31)6-5-7-20/h5-6,11,30H,3-4,8-10,12H2,1-2H3/b6-5+,24-21?. The van der Waals surface area contributed by atoms with Gasteiger partial charge in [-0.1, -0.05) is 5.21 Å². The molecule has 0 saturated heterocycles. The van der Waals surface area contributed by atoms with Crippen molar-refractivity contribution in [3.63, 3.8) is 0 Å². The average molecular weight is 454 g/mol. The molecule has 0 aromatic carbocycles. The summed E-state index contributed by atoms with van der Waals surface area (Å²) in [7, 11) is 2.84. The highest BCUT2D eigenvalue weighted by Gasteiger charge is 2.20. The van der Waals surface area contributed by atoms with Crippen LogP contribution in [0.3, 0.4) is 0 Å². The van der Waals surface area contributed by atoms with E-state index in [4.69, 9.17) is 10.4 Å². The van der Waals surface area contributed by atoms with Gasteiger partial charge in [-0.2, -0.15) is 15.4 Å². The van der Waals surface area contributed by atoms with Crippen molar-refractivity contribution in [1.82, 2.24) is 33.7 Å². The Kier molecular flexibility index (Phi) is 7.36. The predicted molar refractivity (Wildman–Crippen MR) is 115 cm³/mol. The van der Waals surface area contributed by atoms with Crippen molar-refractivity contribution in [2.45, 2.75) is 25.9 Å². The van der Waals surface area contributed by atoms with Gasteiger partial charge >= 0.3 is 5.69 Å². The maximum absolute atomic E-state index is 12.9. The van der Waals surface area contributed by atoms with Gasteiger partial charge < -0.3 is 5.11 Å². The summed E-state index contributed by atoms with van der Waals surface area (Å²) in [6, 6.07) is 1.72. The Morgan fingerprint density at radius 2 is 2.06 bits per heavy atom. The molecule has 3 aromatic rings. The van der Waals surface area contributed by atoms with Crippen LogP contribution in [0.15, 0.2) is 38.2 Å². The monoisotopic (exact) mass is 454 g/mol. The molecular formula is C19H22N10O4. The van der Waals surface area contributed by atoms with Crippen LogP contribution in [0.5, 0.6) is 0 Å². The lowest BCUT2D eigenvalue weighted by molar-refractivity contribution is -0.113. The lowest BCUT2D eigenvalue weighted by Gasteiger charge is -2.05. The Bertz CT molecular complexity index is 1380. The largest absolute Gasteiger partial charge is 0.396 e. The van der Waals surface area contributed by atoms with E-state index in [2.05, 4.69) is 25.5 Å². The van der Waals surface area contributed by atoms with Crippen molar-refractivity contribution >= 4 is 22.9 Å². The topological polar surface area (TPSA) is 178 Å². The zero-order chi connectivity index (χ0) is 24.0. The molecule has 0 spiro atoms. The SMILES string of the molecule is Cn1c(=O)c2c(nc(N=NCC(=O)/C=C/C#N)n2Cc2cn(CCCCO)nn2)n(C)c1=O. The van der Waals surface area contributed by atoms with Crippen LogP contribution in [0.4, 0.5) is 5.95 Å². The van der Waals surface area contributed by atoms with Gasteiger partial charge in [0.05, 0.1) is 18.8 Å². The number of aromatic nitrogens is 7. The Morgan fingerprint density at radius 3 is 2.79 bits per heavy atom. The van der Waals surface area contributed by atoms with Gasteiger partial charge in [0.25, 0.3) is 11.5 Å². The third-order valence-electron chi connectivity index (χ3n) is 4.76. The lowest BCUT2D eigenvalue weighted by Crippen LogP contribution is -2.37. The summed E-state index contributed by atoms with van der Waals surface area (Å²) >= 11 is 0. The summed E-state index contributed by atoms with van der Waals surface area (Å²) < 4.78 is 5.26. The molecule has 3 heterocycles. The molecule has 1 N–H and O–H groups in total. The van der Waals surface area contributed by atoms with E-state index >= 15 is 0 Å². The van der Waals surface area contributed by atoms with E-state index in [-0.39, 0.29) is 36.8 Å². The number of aryl methyl sites for hydroxylation is 2. The highest BCUT2D eigenvalue weighted by atomic mass is 16.3. The number of rotatable bonds is 10. The van der Waals surface area contributed by atoms with Crippen molar-refractivity contribution in [2.75, 3.05) is 13.2 Å². The fraction of sp³-hybridized carbons (Fsp3) is 0.421. The minimum absolute atomic E-state index is 0.00944. The number of carbonyl (C=O) groups excluding carboxylic acids is 1. The van der Waals surface area contributed by atoms with Gasteiger partial charge in [-0.3, -0.25) is 28.0 Å². The number of hydrogen-bond acceptors (Lipinski definition) is 10. The Hall–Kier alpha value is -4.25. The molecule has 0 atom stereocenters. The zero-order valence-corrected chi connectivity index (χ0v) is 18.1. The normalized spacial score (nSPS) is 11.7. The third-order valence-corrected chi connectivity index (χ3v) is 4.76. The number of allylic oxidation sites excluding steroid dienone is 1. The van der Waals surface area contributed by atoms with Crippen LogP contribution in [0.25, 0.3) is 11.2 Å². The molecule has 0 saturated carbocycles. The van der Waals surface area contributed by atoms with Crippen molar-refractivity contribution in [2.24, 2.45) is 24.3 Å². The number of imidazole rings is 1. The summed E-state index contributed by atoms with van der Waals surface area (Å²) in [6.07, 6.45) is 5.18. The fourth-order valence-corrected chi connectivity index (χ4v) is 3.08. The molecule has 0 bridgehead atoms. The van der Waals surface area contributed by atoms with Crippen molar-refractivity contribution < 1.29 is 9.90 Å². The van der Waals surface area contributed by atoms with Crippen LogP contribution in [0.1, 0.15) is 18.5 Å². The quantitative estimate of drug-likeness (QED) is 0.186. The van der Waals surface area contributed by atoms with E-state index in [0.29, 0.717) is 18.7 Å². The van der Waals surface area contributed by atoms with E-state index in [0.717, 1.165) is 23.1 Å². The van der Waals surface area contributed by atoms with Crippen molar-refractivity contribution in [3.05, 3.63) is 44.9 Å². The highest BCUT2D eigenvalue weighted by molar-refractivity contribution is 5.91. The van der Waals surface area contributed by atoms with Gasteiger partial charge in [-0.05, 0) is 18.9 Å². The first kappa shape index (κ1) is 23.4. The van der Waals surface area contributed by atoms with Gasteiger partial charge in [-0.25, -0.2) is 4.79 Å². The first-order chi connectivity index (χ1) is 15.9. The molecule has 0 radical (unpaired) electrons. The van der Waals surface area contributed by atoms with E-state index in [1.165, 1.54) is 23.2 Å². The maximum Gasteiger partial charge on any atom is 0.332 e. The van der Waals surface area contributed by atoms with Crippen LogP contribution in [-0.4, -0.2) is 57.7 Å². The number of aliphatic hydroxyl groups excluding tert-OH is 1. The first-order valence-electron chi connectivity index (χ1n) is 10.00. The Labute approximate surface area is 186 Å². The average Bonchev–Trinajstić information content (AvgIpc) is 3.40. The smallest absolute Gasteiger partial charge is 0.332 e. The van der Waals surface area contributed by atoms with Gasteiger partial charge in [0, 0.05) is 33.3 Å². The van der Waals surface area contributed by atoms with Crippen LogP contribution >= 0.6 is 0 Å². The lowest BCUT2D eigenvalue weighted by atomic mass is 10.3. The molecule has 0 unspecified atom stereocenters. The molecule has 14 heteroatoms. The third kappa shape index (κ3) is 5.15. The number of fused-ring (bicyclic) bond motifs is 1. The minimum Gasteiger partial charge on any atom is -0.396 e.